The number of piperidine rings is 1. The Morgan fingerprint density at radius 1 is 1.04 bits per heavy atom. The van der Waals surface area contributed by atoms with Gasteiger partial charge in [0.1, 0.15) is 18.0 Å². The van der Waals surface area contributed by atoms with Gasteiger partial charge in [-0.15, -0.1) is 0 Å². The fraction of sp³-hybridized carbons (Fsp3) is 0.524. The first kappa shape index (κ1) is 18.2. The molecule has 1 unspecified atom stereocenters. The molecule has 1 aromatic carbocycles. The number of nitrogens with zero attached hydrogens (tertiary/aromatic N) is 4. The van der Waals surface area contributed by atoms with Crippen LogP contribution in [0.25, 0.3) is 0 Å². The molecule has 2 aromatic rings. The van der Waals surface area contributed by atoms with Crippen LogP contribution in [0.15, 0.2) is 42.7 Å². The summed E-state index contributed by atoms with van der Waals surface area (Å²) in [6.07, 6.45) is 5.50. The first-order chi connectivity index (χ1) is 13.4. The molecule has 0 spiro atoms. The molecule has 2 aliphatic heterocycles. The monoisotopic (exact) mass is 367 g/mol. The highest BCUT2D eigenvalue weighted by molar-refractivity contribution is 5.48. The number of ether oxygens (including phenoxy) is 1. The fourth-order valence-corrected chi connectivity index (χ4v) is 3.95. The predicted molar refractivity (Wildman–Crippen MR) is 108 cm³/mol. The number of hydrogen-bond donors (Lipinski definition) is 1. The van der Waals surface area contributed by atoms with Gasteiger partial charge in [0.15, 0.2) is 0 Å². The van der Waals surface area contributed by atoms with Crippen LogP contribution in [0.1, 0.15) is 24.8 Å². The van der Waals surface area contributed by atoms with Crippen LogP contribution in [0.4, 0.5) is 11.6 Å². The highest BCUT2D eigenvalue weighted by atomic mass is 16.5. The van der Waals surface area contributed by atoms with Gasteiger partial charge in [0.2, 0.25) is 0 Å². The van der Waals surface area contributed by atoms with Crippen LogP contribution in [-0.2, 0) is 11.3 Å². The number of rotatable bonds is 6. The minimum Gasteiger partial charge on any atom is -0.378 e. The second-order valence-corrected chi connectivity index (χ2v) is 7.35. The van der Waals surface area contributed by atoms with Crippen molar-refractivity contribution in [2.75, 3.05) is 49.6 Å². The summed E-state index contributed by atoms with van der Waals surface area (Å²) in [5.74, 6) is 1.90. The van der Waals surface area contributed by atoms with Gasteiger partial charge in [-0.3, -0.25) is 4.90 Å². The molecule has 0 amide bonds. The third kappa shape index (κ3) is 4.96. The number of likely N-dealkylation sites (tertiary alicyclic amines) is 1. The molecule has 0 bridgehead atoms. The molecule has 2 saturated heterocycles. The van der Waals surface area contributed by atoms with Crippen LogP contribution in [-0.4, -0.2) is 60.3 Å². The van der Waals surface area contributed by atoms with Crippen molar-refractivity contribution in [2.24, 2.45) is 0 Å². The van der Waals surface area contributed by atoms with E-state index >= 15 is 0 Å². The van der Waals surface area contributed by atoms with E-state index in [1.807, 2.05) is 0 Å². The maximum absolute atomic E-state index is 5.43. The molecule has 27 heavy (non-hydrogen) atoms. The Hall–Kier alpha value is -2.18. The lowest BCUT2D eigenvalue weighted by molar-refractivity contribution is 0.122. The van der Waals surface area contributed by atoms with Crippen LogP contribution in [0.5, 0.6) is 0 Å². The Morgan fingerprint density at radius 3 is 2.74 bits per heavy atom. The number of nitrogens with one attached hydrogen (secondary N) is 1. The predicted octanol–water partition coefficient (Wildman–Crippen LogP) is 2.78. The van der Waals surface area contributed by atoms with E-state index in [1.165, 1.54) is 31.4 Å². The normalized spacial score (nSPS) is 21.2. The Bertz CT molecular complexity index is 705. The third-order valence-electron chi connectivity index (χ3n) is 5.48. The topological polar surface area (TPSA) is 53.5 Å². The standard InChI is InChI=1S/C21H29N5O/c1-2-6-18(7-3-1)16-26-9-5-4-8-19(26)15-22-20-14-21(24-17-23-20)25-10-12-27-13-11-25/h1-3,6-7,14,17,19H,4-5,8-13,15-16H2,(H,22,23,24). The van der Waals surface area contributed by atoms with Gasteiger partial charge in [-0.25, -0.2) is 9.97 Å². The van der Waals surface area contributed by atoms with Crippen molar-refractivity contribution in [3.05, 3.63) is 48.3 Å². The lowest BCUT2D eigenvalue weighted by atomic mass is 10.0. The van der Waals surface area contributed by atoms with Crippen LogP contribution < -0.4 is 10.2 Å². The van der Waals surface area contributed by atoms with Gasteiger partial charge < -0.3 is 15.0 Å². The minimum absolute atomic E-state index is 0.542. The molecule has 1 N–H and O–H groups in total. The highest BCUT2D eigenvalue weighted by Crippen LogP contribution is 2.21. The molecule has 0 saturated carbocycles. The largest absolute Gasteiger partial charge is 0.378 e. The van der Waals surface area contributed by atoms with E-state index in [-0.39, 0.29) is 0 Å². The van der Waals surface area contributed by atoms with Crippen LogP contribution in [0.3, 0.4) is 0 Å². The third-order valence-corrected chi connectivity index (χ3v) is 5.48. The molecular weight excluding hydrogens is 338 g/mol. The molecule has 2 aliphatic rings. The number of aromatic nitrogens is 2. The smallest absolute Gasteiger partial charge is 0.134 e. The van der Waals surface area contributed by atoms with Crippen molar-refractivity contribution in [1.82, 2.24) is 14.9 Å². The second kappa shape index (κ2) is 9.15. The van der Waals surface area contributed by atoms with Gasteiger partial charge >= 0.3 is 0 Å². The first-order valence-corrected chi connectivity index (χ1v) is 10.0. The zero-order valence-corrected chi connectivity index (χ0v) is 15.9. The van der Waals surface area contributed by atoms with E-state index in [1.54, 1.807) is 6.33 Å². The zero-order valence-electron chi connectivity index (χ0n) is 15.9. The zero-order chi connectivity index (χ0) is 18.3. The van der Waals surface area contributed by atoms with Crippen molar-refractivity contribution in [3.63, 3.8) is 0 Å². The van der Waals surface area contributed by atoms with Crippen LogP contribution in [0, 0.1) is 0 Å². The van der Waals surface area contributed by atoms with Crippen molar-refractivity contribution in [3.8, 4) is 0 Å². The molecule has 0 aliphatic carbocycles. The molecular formula is C21H29N5O. The van der Waals surface area contributed by atoms with Crippen molar-refractivity contribution in [1.29, 1.82) is 0 Å². The van der Waals surface area contributed by atoms with Gasteiger partial charge in [-0.1, -0.05) is 36.8 Å². The Balaban J connectivity index is 1.36. The Morgan fingerprint density at radius 2 is 1.89 bits per heavy atom. The molecule has 1 atom stereocenters. The van der Waals surface area contributed by atoms with Gasteiger partial charge in [0.25, 0.3) is 0 Å². The molecule has 6 nitrogen and oxygen atoms in total. The van der Waals surface area contributed by atoms with Gasteiger partial charge in [0, 0.05) is 38.3 Å². The Labute approximate surface area is 161 Å². The van der Waals surface area contributed by atoms with Gasteiger partial charge in [0.05, 0.1) is 13.2 Å². The van der Waals surface area contributed by atoms with Gasteiger partial charge in [-0.05, 0) is 24.9 Å². The van der Waals surface area contributed by atoms with Crippen LogP contribution in [0.2, 0.25) is 0 Å². The minimum atomic E-state index is 0.542. The highest BCUT2D eigenvalue weighted by Gasteiger charge is 2.22. The molecule has 0 radical (unpaired) electrons. The Kier molecular flexibility index (Phi) is 6.17. The van der Waals surface area contributed by atoms with Crippen molar-refractivity contribution < 1.29 is 4.74 Å². The van der Waals surface area contributed by atoms with E-state index in [2.05, 4.69) is 61.5 Å². The summed E-state index contributed by atoms with van der Waals surface area (Å²) in [6, 6.07) is 13.4. The second-order valence-electron chi connectivity index (χ2n) is 7.35. The summed E-state index contributed by atoms with van der Waals surface area (Å²) in [4.78, 5) is 13.7. The molecule has 6 heteroatoms. The SMILES string of the molecule is c1ccc(CN2CCCCC2CNc2cc(N3CCOCC3)ncn2)cc1. The quantitative estimate of drug-likeness (QED) is 0.847. The average molecular weight is 367 g/mol. The molecule has 1 aromatic heterocycles. The summed E-state index contributed by atoms with van der Waals surface area (Å²) in [5.41, 5.74) is 1.39. The van der Waals surface area contributed by atoms with Gasteiger partial charge in [-0.2, -0.15) is 0 Å². The fourth-order valence-electron chi connectivity index (χ4n) is 3.95. The van der Waals surface area contributed by atoms with E-state index in [9.17, 15) is 0 Å². The maximum Gasteiger partial charge on any atom is 0.134 e. The molecule has 3 heterocycles. The number of anilines is 2. The number of morpholine rings is 1. The number of hydrogen-bond acceptors (Lipinski definition) is 6. The molecule has 4 rings (SSSR count). The van der Waals surface area contributed by atoms with E-state index < -0.39 is 0 Å². The average Bonchev–Trinajstić information content (AvgIpc) is 2.75. The van der Waals surface area contributed by atoms with Crippen molar-refractivity contribution in [2.45, 2.75) is 31.8 Å². The first-order valence-electron chi connectivity index (χ1n) is 10.0. The summed E-state index contributed by atoms with van der Waals surface area (Å²) < 4.78 is 5.43. The van der Waals surface area contributed by atoms with E-state index in [4.69, 9.17) is 4.74 Å². The van der Waals surface area contributed by atoms with Crippen LogP contribution >= 0.6 is 0 Å². The molecule has 144 valence electrons. The van der Waals surface area contributed by atoms with E-state index in [0.717, 1.165) is 51.0 Å². The summed E-state index contributed by atoms with van der Waals surface area (Å²) in [7, 11) is 0. The lowest BCUT2D eigenvalue weighted by Crippen LogP contribution is -2.43. The summed E-state index contributed by atoms with van der Waals surface area (Å²) in [6.45, 7) is 6.44. The lowest BCUT2D eigenvalue weighted by Gasteiger charge is -2.36. The maximum atomic E-state index is 5.43. The molecule has 2 fully saturated rings. The summed E-state index contributed by atoms with van der Waals surface area (Å²) in [5, 5.41) is 3.56. The van der Waals surface area contributed by atoms with E-state index in [0.29, 0.717) is 6.04 Å². The number of benzene rings is 1. The van der Waals surface area contributed by atoms with Crippen molar-refractivity contribution >= 4 is 11.6 Å². The summed E-state index contributed by atoms with van der Waals surface area (Å²) >= 11 is 0.